The van der Waals surface area contributed by atoms with Gasteiger partial charge in [-0.15, -0.1) is 10.2 Å². The Morgan fingerprint density at radius 1 is 1.12 bits per heavy atom. The van der Waals surface area contributed by atoms with Crippen LogP contribution in [0.15, 0.2) is 53.7 Å². The molecule has 0 amide bonds. The van der Waals surface area contributed by atoms with Gasteiger partial charge >= 0.3 is 0 Å². The fourth-order valence-electron chi connectivity index (χ4n) is 2.99. The van der Waals surface area contributed by atoms with Gasteiger partial charge in [0.15, 0.2) is 5.16 Å². The van der Waals surface area contributed by atoms with E-state index in [1.807, 2.05) is 37.3 Å². The number of fused-ring (bicyclic) bond motifs is 1. The van der Waals surface area contributed by atoms with Gasteiger partial charge in [0.25, 0.3) is 0 Å². The molecule has 0 unspecified atom stereocenters. The van der Waals surface area contributed by atoms with Crippen LogP contribution in [0.2, 0.25) is 5.02 Å². The predicted molar refractivity (Wildman–Crippen MR) is 106 cm³/mol. The summed E-state index contributed by atoms with van der Waals surface area (Å²) >= 11 is 7.74. The summed E-state index contributed by atoms with van der Waals surface area (Å²) in [6.07, 6.45) is 0. The molecule has 0 N–H and O–H groups in total. The average Bonchev–Trinajstić information content (AvgIpc) is 3.23. The molecule has 7 heteroatoms. The van der Waals surface area contributed by atoms with Crippen LogP contribution in [0.25, 0.3) is 0 Å². The van der Waals surface area contributed by atoms with Crippen molar-refractivity contribution in [2.24, 2.45) is 0 Å². The van der Waals surface area contributed by atoms with Gasteiger partial charge < -0.3 is 9.64 Å². The number of ether oxygens (including phenoxy) is 1. The van der Waals surface area contributed by atoms with Crippen molar-refractivity contribution in [3.8, 4) is 5.75 Å². The summed E-state index contributed by atoms with van der Waals surface area (Å²) in [5.74, 6) is 2.60. The van der Waals surface area contributed by atoms with Gasteiger partial charge in [-0.3, -0.25) is 4.57 Å². The number of hydrogen-bond acceptors (Lipinski definition) is 5. The van der Waals surface area contributed by atoms with Crippen molar-refractivity contribution in [2.75, 3.05) is 18.1 Å². The maximum atomic E-state index is 6.06. The lowest BCUT2D eigenvalue weighted by Gasteiger charge is -2.15. The van der Waals surface area contributed by atoms with E-state index >= 15 is 0 Å². The van der Waals surface area contributed by atoms with Crippen molar-refractivity contribution in [3.05, 3.63) is 59.1 Å². The molecule has 4 rings (SSSR count). The van der Waals surface area contributed by atoms with E-state index in [1.165, 1.54) is 5.56 Å². The standard InChI is InChI=1S/C19H19ClN4OS/c1-2-25-17-8-6-16(7-9-17)23-10-11-24-18(23)21-22-19(24)26-13-14-4-3-5-15(20)12-14/h3-9,12H,2,10-11,13H2,1H3. The number of halogens is 1. The van der Waals surface area contributed by atoms with Crippen LogP contribution < -0.4 is 9.64 Å². The first kappa shape index (κ1) is 17.2. The summed E-state index contributed by atoms with van der Waals surface area (Å²) in [5.41, 5.74) is 2.28. The smallest absolute Gasteiger partial charge is 0.232 e. The average molecular weight is 387 g/mol. The van der Waals surface area contributed by atoms with Crippen LogP contribution in [0.1, 0.15) is 12.5 Å². The Bertz CT molecular complexity index is 897. The van der Waals surface area contributed by atoms with Crippen molar-refractivity contribution >= 4 is 35.0 Å². The van der Waals surface area contributed by atoms with Gasteiger partial charge in [-0.1, -0.05) is 35.5 Å². The summed E-state index contributed by atoms with van der Waals surface area (Å²) in [4.78, 5) is 2.19. The first-order chi connectivity index (χ1) is 12.7. The number of anilines is 2. The molecular formula is C19H19ClN4OS. The lowest BCUT2D eigenvalue weighted by atomic mass is 10.2. The van der Waals surface area contributed by atoms with Crippen LogP contribution >= 0.6 is 23.4 Å². The molecular weight excluding hydrogens is 368 g/mol. The number of hydrogen-bond donors (Lipinski definition) is 0. The van der Waals surface area contributed by atoms with Crippen molar-refractivity contribution in [2.45, 2.75) is 24.4 Å². The number of thioether (sulfide) groups is 1. The van der Waals surface area contributed by atoms with Gasteiger partial charge in [0, 0.05) is 29.6 Å². The molecule has 0 fully saturated rings. The SMILES string of the molecule is CCOc1ccc(N2CCn3c(SCc4cccc(Cl)c4)nnc32)cc1. The highest BCUT2D eigenvalue weighted by atomic mass is 35.5. The van der Waals surface area contributed by atoms with E-state index in [1.54, 1.807) is 11.8 Å². The molecule has 0 aliphatic carbocycles. The molecule has 0 saturated carbocycles. The van der Waals surface area contributed by atoms with Crippen molar-refractivity contribution in [1.82, 2.24) is 14.8 Å². The largest absolute Gasteiger partial charge is 0.494 e. The van der Waals surface area contributed by atoms with E-state index in [2.05, 4.69) is 37.9 Å². The highest BCUT2D eigenvalue weighted by Gasteiger charge is 2.26. The van der Waals surface area contributed by atoms with Gasteiger partial charge in [0.05, 0.1) is 6.61 Å². The number of benzene rings is 2. The van der Waals surface area contributed by atoms with Crippen molar-refractivity contribution in [3.63, 3.8) is 0 Å². The quantitative estimate of drug-likeness (QED) is 0.570. The second-order valence-corrected chi connectivity index (χ2v) is 7.31. The van der Waals surface area contributed by atoms with Gasteiger partial charge in [-0.2, -0.15) is 0 Å². The predicted octanol–water partition coefficient (Wildman–Crippen LogP) is 4.77. The monoisotopic (exact) mass is 386 g/mol. The Balaban J connectivity index is 1.48. The fraction of sp³-hybridized carbons (Fsp3) is 0.263. The van der Waals surface area contributed by atoms with Gasteiger partial charge in [-0.25, -0.2) is 0 Å². The van der Waals surface area contributed by atoms with Crippen LogP contribution in [-0.4, -0.2) is 27.9 Å². The van der Waals surface area contributed by atoms with Crippen molar-refractivity contribution < 1.29 is 4.74 Å². The van der Waals surface area contributed by atoms with Gasteiger partial charge in [0.2, 0.25) is 5.95 Å². The Morgan fingerprint density at radius 3 is 2.73 bits per heavy atom. The zero-order chi connectivity index (χ0) is 17.9. The first-order valence-corrected chi connectivity index (χ1v) is 9.92. The van der Waals surface area contributed by atoms with E-state index < -0.39 is 0 Å². The van der Waals surface area contributed by atoms with Gasteiger partial charge in [-0.05, 0) is 48.9 Å². The Morgan fingerprint density at radius 2 is 1.96 bits per heavy atom. The van der Waals surface area contributed by atoms with Crippen LogP contribution in [0, 0.1) is 0 Å². The van der Waals surface area contributed by atoms with E-state index in [0.717, 1.165) is 46.4 Å². The van der Waals surface area contributed by atoms with E-state index in [0.29, 0.717) is 6.61 Å². The lowest BCUT2D eigenvalue weighted by Crippen LogP contribution is -2.14. The molecule has 5 nitrogen and oxygen atoms in total. The third kappa shape index (κ3) is 3.52. The summed E-state index contributed by atoms with van der Waals surface area (Å²) in [6.45, 7) is 4.43. The highest BCUT2D eigenvalue weighted by molar-refractivity contribution is 7.98. The molecule has 3 aromatic rings. The zero-order valence-corrected chi connectivity index (χ0v) is 16.0. The Kier molecular flexibility index (Phi) is 5.04. The summed E-state index contributed by atoms with van der Waals surface area (Å²) in [5, 5.41) is 10.5. The second kappa shape index (κ2) is 7.60. The summed E-state index contributed by atoms with van der Waals surface area (Å²) in [7, 11) is 0. The summed E-state index contributed by atoms with van der Waals surface area (Å²) < 4.78 is 7.69. The minimum absolute atomic E-state index is 0.671. The summed E-state index contributed by atoms with van der Waals surface area (Å²) in [6, 6.07) is 16.0. The molecule has 26 heavy (non-hydrogen) atoms. The normalized spacial score (nSPS) is 13.1. The highest BCUT2D eigenvalue weighted by Crippen LogP contribution is 2.33. The second-order valence-electron chi connectivity index (χ2n) is 5.93. The third-order valence-electron chi connectivity index (χ3n) is 4.20. The van der Waals surface area contributed by atoms with E-state index in [-0.39, 0.29) is 0 Å². The zero-order valence-electron chi connectivity index (χ0n) is 14.4. The maximum absolute atomic E-state index is 6.06. The molecule has 134 valence electrons. The van der Waals surface area contributed by atoms with Crippen LogP contribution in [-0.2, 0) is 12.3 Å². The first-order valence-electron chi connectivity index (χ1n) is 8.55. The van der Waals surface area contributed by atoms with Crippen LogP contribution in [0.4, 0.5) is 11.6 Å². The van der Waals surface area contributed by atoms with E-state index in [4.69, 9.17) is 16.3 Å². The van der Waals surface area contributed by atoms with Crippen molar-refractivity contribution in [1.29, 1.82) is 0 Å². The Labute approximate surface area is 161 Å². The fourth-order valence-corrected chi connectivity index (χ4v) is 4.11. The lowest BCUT2D eigenvalue weighted by molar-refractivity contribution is 0.340. The third-order valence-corrected chi connectivity index (χ3v) is 5.48. The number of rotatable bonds is 6. The molecule has 2 aromatic carbocycles. The van der Waals surface area contributed by atoms with E-state index in [9.17, 15) is 0 Å². The molecule has 1 aliphatic rings. The molecule has 0 spiro atoms. The minimum Gasteiger partial charge on any atom is -0.494 e. The van der Waals surface area contributed by atoms with Gasteiger partial charge in [0.1, 0.15) is 5.75 Å². The molecule has 1 aromatic heterocycles. The molecule has 0 atom stereocenters. The molecule has 0 radical (unpaired) electrons. The molecule has 1 aliphatic heterocycles. The molecule has 0 saturated heterocycles. The Hall–Kier alpha value is -2.18. The maximum Gasteiger partial charge on any atom is 0.232 e. The topological polar surface area (TPSA) is 43.2 Å². The van der Waals surface area contributed by atoms with Crippen LogP contribution in [0.3, 0.4) is 0 Å². The number of aromatic nitrogens is 3. The minimum atomic E-state index is 0.671. The molecule has 0 bridgehead atoms. The molecule has 2 heterocycles. The van der Waals surface area contributed by atoms with Crippen LogP contribution in [0.5, 0.6) is 5.75 Å². The number of nitrogens with zero attached hydrogens (tertiary/aromatic N) is 4.